The average Bonchev–Trinajstić information content (AvgIpc) is 2.58. The SMILES string of the molecule is CC(C)CC(N)C(=O)NC(C)C(=O)NC(CC(N)=O)C(=O)NC(CC(=O)O)C(=O)O. The molecule has 0 bridgehead atoms. The molecule has 0 spiro atoms. The fourth-order valence-corrected chi connectivity index (χ4v) is 2.36. The molecule has 0 heterocycles. The fourth-order valence-electron chi connectivity index (χ4n) is 2.36. The number of aliphatic carboxylic acids is 2. The zero-order valence-electron chi connectivity index (χ0n) is 17.0. The van der Waals surface area contributed by atoms with Crippen LogP contribution in [0.25, 0.3) is 0 Å². The molecule has 13 heteroatoms. The van der Waals surface area contributed by atoms with E-state index in [0.29, 0.717) is 6.42 Å². The second-order valence-corrected chi connectivity index (χ2v) is 7.20. The van der Waals surface area contributed by atoms with Crippen LogP contribution in [-0.4, -0.2) is 69.9 Å². The van der Waals surface area contributed by atoms with Crippen molar-refractivity contribution in [3.05, 3.63) is 0 Å². The van der Waals surface area contributed by atoms with Crippen LogP contribution >= 0.6 is 0 Å². The molecular formula is C17H29N5O8. The predicted molar refractivity (Wildman–Crippen MR) is 103 cm³/mol. The first kappa shape index (κ1) is 26.8. The Hall–Kier alpha value is -3.22. The minimum absolute atomic E-state index is 0.145. The number of hydrogen-bond acceptors (Lipinski definition) is 7. The van der Waals surface area contributed by atoms with Crippen molar-refractivity contribution in [3.63, 3.8) is 0 Å². The van der Waals surface area contributed by atoms with E-state index in [2.05, 4.69) is 10.6 Å². The lowest BCUT2D eigenvalue weighted by atomic mass is 10.0. The Morgan fingerprint density at radius 1 is 0.800 bits per heavy atom. The molecule has 4 amide bonds. The van der Waals surface area contributed by atoms with E-state index in [4.69, 9.17) is 21.7 Å². The summed E-state index contributed by atoms with van der Waals surface area (Å²) < 4.78 is 0. The van der Waals surface area contributed by atoms with Gasteiger partial charge in [0.05, 0.1) is 18.9 Å². The first-order valence-electron chi connectivity index (χ1n) is 9.14. The van der Waals surface area contributed by atoms with Crippen LogP contribution in [0.5, 0.6) is 0 Å². The van der Waals surface area contributed by atoms with Gasteiger partial charge in [-0.1, -0.05) is 13.8 Å². The molecule has 0 aromatic heterocycles. The van der Waals surface area contributed by atoms with Crippen molar-refractivity contribution in [3.8, 4) is 0 Å². The van der Waals surface area contributed by atoms with E-state index in [1.807, 2.05) is 19.2 Å². The van der Waals surface area contributed by atoms with Gasteiger partial charge in [-0.25, -0.2) is 4.79 Å². The Bertz CT molecular complexity index is 681. The highest BCUT2D eigenvalue weighted by atomic mass is 16.4. The normalized spacial score (nSPS) is 14.7. The maximum atomic E-state index is 12.3. The largest absolute Gasteiger partial charge is 0.481 e. The van der Waals surface area contributed by atoms with Gasteiger partial charge >= 0.3 is 11.9 Å². The molecule has 0 radical (unpaired) electrons. The number of carbonyl (C=O) groups is 6. The number of carbonyl (C=O) groups excluding carboxylic acids is 4. The van der Waals surface area contributed by atoms with Crippen LogP contribution in [0.4, 0.5) is 0 Å². The van der Waals surface area contributed by atoms with E-state index in [-0.39, 0.29) is 5.92 Å². The molecule has 0 aliphatic rings. The number of carboxylic acids is 2. The molecule has 0 saturated carbocycles. The minimum atomic E-state index is -1.78. The first-order valence-corrected chi connectivity index (χ1v) is 9.14. The van der Waals surface area contributed by atoms with E-state index in [9.17, 15) is 28.8 Å². The maximum Gasteiger partial charge on any atom is 0.326 e. The van der Waals surface area contributed by atoms with Crippen LogP contribution in [0, 0.1) is 5.92 Å². The topological polar surface area (TPSA) is 231 Å². The van der Waals surface area contributed by atoms with Gasteiger partial charge in [-0.05, 0) is 19.3 Å². The summed E-state index contributed by atoms with van der Waals surface area (Å²) in [7, 11) is 0. The average molecular weight is 431 g/mol. The Balaban J connectivity index is 5.14. The van der Waals surface area contributed by atoms with Gasteiger partial charge < -0.3 is 37.6 Å². The molecular weight excluding hydrogens is 402 g/mol. The third kappa shape index (κ3) is 10.4. The first-order chi connectivity index (χ1) is 13.7. The minimum Gasteiger partial charge on any atom is -0.481 e. The summed E-state index contributed by atoms with van der Waals surface area (Å²) in [5.41, 5.74) is 10.8. The summed E-state index contributed by atoms with van der Waals surface area (Å²) in [6.45, 7) is 5.05. The Morgan fingerprint density at radius 3 is 1.77 bits per heavy atom. The molecule has 4 unspecified atom stereocenters. The van der Waals surface area contributed by atoms with Crippen LogP contribution in [0.15, 0.2) is 0 Å². The number of rotatable bonds is 13. The van der Waals surface area contributed by atoms with E-state index in [1.165, 1.54) is 6.92 Å². The third-order valence-electron chi connectivity index (χ3n) is 3.85. The summed E-state index contributed by atoms with van der Waals surface area (Å²) in [5.74, 6) is -6.49. The quantitative estimate of drug-likeness (QED) is 0.160. The summed E-state index contributed by atoms with van der Waals surface area (Å²) in [6, 6.07) is -5.34. The van der Waals surface area contributed by atoms with Crippen molar-refractivity contribution < 1.29 is 39.0 Å². The lowest BCUT2D eigenvalue weighted by Gasteiger charge is -2.23. The van der Waals surface area contributed by atoms with Gasteiger partial charge in [0.25, 0.3) is 0 Å². The van der Waals surface area contributed by atoms with Crippen LogP contribution in [-0.2, 0) is 28.8 Å². The Morgan fingerprint density at radius 2 is 1.33 bits per heavy atom. The smallest absolute Gasteiger partial charge is 0.326 e. The zero-order valence-corrected chi connectivity index (χ0v) is 17.0. The van der Waals surface area contributed by atoms with Crippen molar-refractivity contribution in [1.82, 2.24) is 16.0 Å². The van der Waals surface area contributed by atoms with Gasteiger partial charge in [0.2, 0.25) is 23.6 Å². The van der Waals surface area contributed by atoms with Crippen molar-refractivity contribution >= 4 is 35.6 Å². The number of nitrogens with two attached hydrogens (primary N) is 2. The molecule has 0 fully saturated rings. The Labute approximate surface area is 172 Å². The summed E-state index contributed by atoms with van der Waals surface area (Å²) in [4.78, 5) is 69.7. The van der Waals surface area contributed by atoms with E-state index in [1.54, 1.807) is 0 Å². The fraction of sp³-hybridized carbons (Fsp3) is 0.647. The number of primary amides is 1. The van der Waals surface area contributed by atoms with E-state index >= 15 is 0 Å². The number of carboxylic acid groups (broad SMARTS) is 2. The predicted octanol–water partition coefficient (Wildman–Crippen LogP) is -2.73. The molecule has 0 rings (SSSR count). The Kier molecular flexibility index (Phi) is 11.0. The van der Waals surface area contributed by atoms with Crippen molar-refractivity contribution in [1.29, 1.82) is 0 Å². The number of nitrogens with one attached hydrogen (secondary N) is 3. The molecule has 9 N–H and O–H groups in total. The van der Waals surface area contributed by atoms with Crippen LogP contribution in [0.1, 0.15) is 40.0 Å². The lowest BCUT2D eigenvalue weighted by molar-refractivity contribution is -0.147. The van der Waals surface area contributed by atoms with Gasteiger partial charge in [0.15, 0.2) is 0 Å². The highest BCUT2D eigenvalue weighted by molar-refractivity contribution is 5.96. The second-order valence-electron chi connectivity index (χ2n) is 7.20. The molecule has 30 heavy (non-hydrogen) atoms. The van der Waals surface area contributed by atoms with Gasteiger partial charge in [-0.3, -0.25) is 24.0 Å². The van der Waals surface area contributed by atoms with Crippen molar-refractivity contribution in [2.45, 2.75) is 64.2 Å². The lowest BCUT2D eigenvalue weighted by Crippen LogP contribution is -2.57. The van der Waals surface area contributed by atoms with Gasteiger partial charge in [0.1, 0.15) is 18.1 Å². The van der Waals surface area contributed by atoms with Gasteiger partial charge in [0, 0.05) is 0 Å². The van der Waals surface area contributed by atoms with Crippen LogP contribution < -0.4 is 27.4 Å². The molecule has 13 nitrogen and oxygen atoms in total. The summed E-state index contributed by atoms with van der Waals surface area (Å²) >= 11 is 0. The molecule has 0 aromatic rings. The number of amides is 4. The highest BCUT2D eigenvalue weighted by Crippen LogP contribution is 2.03. The highest BCUT2D eigenvalue weighted by Gasteiger charge is 2.30. The summed E-state index contributed by atoms with van der Waals surface area (Å²) in [5, 5.41) is 24.2. The number of hydrogen-bond donors (Lipinski definition) is 7. The summed E-state index contributed by atoms with van der Waals surface area (Å²) in [6.07, 6.45) is -1.21. The zero-order chi connectivity index (χ0) is 23.6. The molecule has 0 aliphatic heterocycles. The molecule has 170 valence electrons. The molecule has 0 aliphatic carbocycles. The van der Waals surface area contributed by atoms with Crippen molar-refractivity contribution in [2.75, 3.05) is 0 Å². The van der Waals surface area contributed by atoms with E-state index in [0.717, 1.165) is 0 Å². The van der Waals surface area contributed by atoms with Crippen LogP contribution in [0.2, 0.25) is 0 Å². The second kappa shape index (κ2) is 12.4. The van der Waals surface area contributed by atoms with E-state index < -0.39 is 72.6 Å². The van der Waals surface area contributed by atoms with Crippen LogP contribution in [0.3, 0.4) is 0 Å². The monoisotopic (exact) mass is 431 g/mol. The third-order valence-corrected chi connectivity index (χ3v) is 3.85. The van der Waals surface area contributed by atoms with Gasteiger partial charge in [-0.2, -0.15) is 0 Å². The van der Waals surface area contributed by atoms with Gasteiger partial charge in [-0.15, -0.1) is 0 Å². The molecule has 0 saturated heterocycles. The molecule has 4 atom stereocenters. The van der Waals surface area contributed by atoms with Crippen molar-refractivity contribution in [2.24, 2.45) is 17.4 Å². The molecule has 0 aromatic carbocycles. The standard InChI is InChI=1S/C17H29N5O8/c1-7(2)4-9(18)15(27)20-8(3)14(26)21-10(5-12(19)23)16(28)22-11(17(29)30)6-13(24)25/h7-11H,4-6,18H2,1-3H3,(H2,19,23)(H,20,27)(H,21,26)(H,22,28)(H,24,25)(H,29,30). The maximum absolute atomic E-state index is 12.3.